The molecule has 1 heterocycles. The van der Waals surface area contributed by atoms with Gasteiger partial charge in [-0.25, -0.2) is 0 Å². The van der Waals surface area contributed by atoms with Gasteiger partial charge < -0.3 is 10.6 Å². The monoisotopic (exact) mass is 252 g/mol. The zero-order chi connectivity index (χ0) is 13.2. The van der Waals surface area contributed by atoms with Crippen molar-refractivity contribution in [3.8, 4) is 0 Å². The molecule has 0 radical (unpaired) electrons. The van der Waals surface area contributed by atoms with E-state index in [1.165, 1.54) is 19.3 Å². The Hall–Kier alpha value is -0.570. The van der Waals surface area contributed by atoms with E-state index < -0.39 is 0 Å². The number of carbonyl (C=O) groups is 1. The van der Waals surface area contributed by atoms with Crippen LogP contribution in [0.25, 0.3) is 0 Å². The van der Waals surface area contributed by atoms with E-state index in [1.807, 2.05) is 0 Å². The fraction of sp³-hybridized carbons (Fsp3) is 0.933. The lowest BCUT2D eigenvalue weighted by Gasteiger charge is -2.43. The predicted molar refractivity (Wildman–Crippen MR) is 74.1 cm³/mol. The van der Waals surface area contributed by atoms with Gasteiger partial charge in [0.15, 0.2) is 0 Å². The number of nitrogens with two attached hydrogens (primary N) is 1. The molecule has 0 aromatic rings. The summed E-state index contributed by atoms with van der Waals surface area (Å²) in [5.41, 5.74) is 5.86. The lowest BCUT2D eigenvalue weighted by Crippen LogP contribution is -2.55. The molecule has 0 spiro atoms. The summed E-state index contributed by atoms with van der Waals surface area (Å²) in [4.78, 5) is 15.1. The van der Waals surface area contributed by atoms with Gasteiger partial charge in [-0.2, -0.15) is 0 Å². The lowest BCUT2D eigenvalue weighted by molar-refractivity contribution is -0.147. The zero-order valence-electron chi connectivity index (χ0n) is 12.0. The molecule has 2 rings (SSSR count). The van der Waals surface area contributed by atoms with Crippen LogP contribution in [0.4, 0.5) is 0 Å². The van der Waals surface area contributed by atoms with Gasteiger partial charge in [-0.15, -0.1) is 0 Å². The van der Waals surface area contributed by atoms with Crippen molar-refractivity contribution in [1.82, 2.24) is 4.90 Å². The number of carbonyl (C=O) groups excluding carboxylic acids is 1. The van der Waals surface area contributed by atoms with E-state index in [0.29, 0.717) is 18.4 Å². The van der Waals surface area contributed by atoms with Crippen molar-refractivity contribution >= 4 is 5.91 Å². The fourth-order valence-corrected chi connectivity index (χ4v) is 3.94. The van der Waals surface area contributed by atoms with E-state index in [9.17, 15) is 4.79 Å². The molecule has 104 valence electrons. The number of amides is 1. The van der Waals surface area contributed by atoms with E-state index in [2.05, 4.69) is 18.7 Å². The highest BCUT2D eigenvalue weighted by Crippen LogP contribution is 2.43. The molecule has 1 saturated carbocycles. The van der Waals surface area contributed by atoms with Crippen molar-refractivity contribution in [2.45, 2.75) is 64.8 Å². The third kappa shape index (κ3) is 2.29. The van der Waals surface area contributed by atoms with Crippen molar-refractivity contribution in [1.29, 1.82) is 0 Å². The maximum Gasteiger partial charge on any atom is 0.229 e. The Labute approximate surface area is 111 Å². The normalized spacial score (nSPS) is 31.6. The van der Waals surface area contributed by atoms with E-state index >= 15 is 0 Å². The second-order valence-corrected chi connectivity index (χ2v) is 6.26. The summed E-state index contributed by atoms with van der Waals surface area (Å²) >= 11 is 0. The van der Waals surface area contributed by atoms with Crippen LogP contribution in [0, 0.1) is 11.3 Å². The first kappa shape index (κ1) is 13.9. The predicted octanol–water partition coefficient (Wildman–Crippen LogP) is 2.54. The van der Waals surface area contributed by atoms with Gasteiger partial charge >= 0.3 is 0 Å². The first-order valence-corrected chi connectivity index (χ1v) is 7.66. The third-order valence-electron chi connectivity index (χ3n) is 5.31. The molecule has 2 unspecified atom stereocenters. The van der Waals surface area contributed by atoms with Crippen molar-refractivity contribution in [2.24, 2.45) is 17.1 Å². The molecule has 3 heteroatoms. The van der Waals surface area contributed by atoms with Crippen LogP contribution in [-0.2, 0) is 4.79 Å². The molecular formula is C15H28N2O. The Morgan fingerprint density at radius 2 is 2.00 bits per heavy atom. The molecular weight excluding hydrogens is 224 g/mol. The Balaban J connectivity index is 2.15. The number of rotatable bonds is 3. The third-order valence-corrected chi connectivity index (χ3v) is 5.31. The first-order valence-electron chi connectivity index (χ1n) is 7.66. The second-order valence-electron chi connectivity index (χ2n) is 6.26. The molecule has 3 nitrogen and oxygen atoms in total. The highest BCUT2D eigenvalue weighted by molar-refractivity contribution is 5.83. The first-order chi connectivity index (χ1) is 8.64. The largest absolute Gasteiger partial charge is 0.338 e. The van der Waals surface area contributed by atoms with Gasteiger partial charge in [0.1, 0.15) is 0 Å². The topological polar surface area (TPSA) is 46.3 Å². The summed E-state index contributed by atoms with van der Waals surface area (Å²) in [6, 6.07) is 0.273. The summed E-state index contributed by atoms with van der Waals surface area (Å²) in [6.07, 6.45) is 7.96. The van der Waals surface area contributed by atoms with Gasteiger partial charge in [-0.3, -0.25) is 4.79 Å². The quantitative estimate of drug-likeness (QED) is 0.839. The highest BCUT2D eigenvalue weighted by Gasteiger charge is 2.44. The molecule has 2 N–H and O–H groups in total. The van der Waals surface area contributed by atoms with Crippen LogP contribution in [0.1, 0.15) is 58.8 Å². The summed E-state index contributed by atoms with van der Waals surface area (Å²) < 4.78 is 0. The Morgan fingerprint density at radius 1 is 1.33 bits per heavy atom. The van der Waals surface area contributed by atoms with Gasteiger partial charge in [0.2, 0.25) is 5.91 Å². The number of hydrogen-bond donors (Lipinski definition) is 1. The Morgan fingerprint density at radius 3 is 2.56 bits per heavy atom. The van der Waals surface area contributed by atoms with Crippen LogP contribution in [-0.4, -0.2) is 29.9 Å². The van der Waals surface area contributed by atoms with Crippen LogP contribution < -0.4 is 5.73 Å². The lowest BCUT2D eigenvalue weighted by atomic mass is 9.79. The smallest absolute Gasteiger partial charge is 0.229 e. The number of hydrogen-bond acceptors (Lipinski definition) is 2. The molecule has 1 amide bonds. The van der Waals surface area contributed by atoms with E-state index in [4.69, 9.17) is 5.73 Å². The van der Waals surface area contributed by atoms with Gasteiger partial charge in [0.05, 0.1) is 0 Å². The van der Waals surface area contributed by atoms with Crippen LogP contribution in [0.5, 0.6) is 0 Å². The fourth-order valence-electron chi connectivity index (χ4n) is 3.94. The minimum Gasteiger partial charge on any atom is -0.338 e. The average molecular weight is 252 g/mol. The molecule has 2 aliphatic rings. The minimum absolute atomic E-state index is 0.0511. The second kappa shape index (κ2) is 5.60. The summed E-state index contributed by atoms with van der Waals surface area (Å²) in [6.45, 7) is 5.96. The van der Waals surface area contributed by atoms with E-state index in [1.54, 1.807) is 0 Å². The molecule has 18 heavy (non-hydrogen) atoms. The van der Waals surface area contributed by atoms with Gasteiger partial charge in [-0.1, -0.05) is 26.7 Å². The maximum atomic E-state index is 12.9. The van der Waals surface area contributed by atoms with Crippen LogP contribution >= 0.6 is 0 Å². The molecule has 2 atom stereocenters. The van der Waals surface area contributed by atoms with Gasteiger partial charge in [0, 0.05) is 24.5 Å². The zero-order valence-corrected chi connectivity index (χ0v) is 12.0. The summed E-state index contributed by atoms with van der Waals surface area (Å²) in [5.74, 6) is 0.965. The summed E-state index contributed by atoms with van der Waals surface area (Å²) in [7, 11) is 0. The number of nitrogens with zero attached hydrogens (tertiary/aromatic N) is 1. The molecule has 1 aliphatic carbocycles. The molecule has 0 aromatic carbocycles. The van der Waals surface area contributed by atoms with Crippen molar-refractivity contribution in [2.75, 3.05) is 13.1 Å². The maximum absolute atomic E-state index is 12.9. The molecule has 0 bridgehead atoms. The highest BCUT2D eigenvalue weighted by atomic mass is 16.2. The molecule has 1 saturated heterocycles. The molecule has 0 aromatic heterocycles. The van der Waals surface area contributed by atoms with E-state index in [-0.39, 0.29) is 11.5 Å². The minimum atomic E-state index is -0.0511. The van der Waals surface area contributed by atoms with Crippen molar-refractivity contribution < 1.29 is 4.79 Å². The van der Waals surface area contributed by atoms with Crippen molar-refractivity contribution in [3.63, 3.8) is 0 Å². The van der Waals surface area contributed by atoms with Crippen LogP contribution in [0.2, 0.25) is 0 Å². The SMILES string of the molecule is CCC1(C(=O)N2CCCC(C)C2CN)CCCC1. The number of likely N-dealkylation sites (tertiary alicyclic amines) is 1. The van der Waals surface area contributed by atoms with Crippen LogP contribution in [0.15, 0.2) is 0 Å². The van der Waals surface area contributed by atoms with Crippen LogP contribution in [0.3, 0.4) is 0 Å². The summed E-state index contributed by atoms with van der Waals surface area (Å²) in [5, 5.41) is 0. The molecule has 2 fully saturated rings. The van der Waals surface area contributed by atoms with Gasteiger partial charge in [0.25, 0.3) is 0 Å². The van der Waals surface area contributed by atoms with Gasteiger partial charge in [-0.05, 0) is 38.0 Å². The number of piperidine rings is 1. The Kier molecular flexibility index (Phi) is 4.31. The van der Waals surface area contributed by atoms with E-state index in [0.717, 1.165) is 32.2 Å². The van der Waals surface area contributed by atoms with Crippen molar-refractivity contribution in [3.05, 3.63) is 0 Å². The standard InChI is InChI=1S/C15H28N2O/c1-3-15(8-4-5-9-15)14(18)17-10-6-7-12(2)13(17)11-16/h12-13H,3-11,16H2,1-2H3. The average Bonchev–Trinajstić information content (AvgIpc) is 2.87. The Bertz CT molecular complexity index is 297. The molecule has 1 aliphatic heterocycles.